The van der Waals surface area contributed by atoms with E-state index in [1.165, 1.54) is 7.11 Å². The zero-order chi connectivity index (χ0) is 27.1. The second-order valence-corrected chi connectivity index (χ2v) is 8.96. The van der Waals surface area contributed by atoms with Crippen LogP contribution >= 0.6 is 11.3 Å². The monoisotopic (exact) mass is 535 g/mol. The van der Waals surface area contributed by atoms with Crippen LogP contribution in [0.5, 0.6) is 5.75 Å². The highest BCUT2D eigenvalue weighted by Crippen LogP contribution is 2.35. The van der Waals surface area contributed by atoms with E-state index in [2.05, 4.69) is 25.8 Å². The molecular formula is C26H25N5O6S. The number of nitrogens with zero attached hydrogens (tertiary/aromatic N) is 3. The predicted molar refractivity (Wildman–Crippen MR) is 140 cm³/mol. The summed E-state index contributed by atoms with van der Waals surface area (Å²) in [5.74, 6) is -0.333. The number of hydrogen-bond donors (Lipinski definition) is 2. The molecule has 3 heterocycles. The first-order chi connectivity index (χ1) is 18.4. The maximum Gasteiger partial charge on any atom is 0.341 e. The van der Waals surface area contributed by atoms with Gasteiger partial charge in [0.1, 0.15) is 10.8 Å². The van der Waals surface area contributed by atoms with Crippen LogP contribution in [0.2, 0.25) is 0 Å². The van der Waals surface area contributed by atoms with Crippen LogP contribution in [0.4, 0.5) is 10.7 Å². The lowest BCUT2D eigenvalue weighted by atomic mass is 10.1. The number of aromatic nitrogens is 3. The number of methoxy groups -OCH3 is 1. The van der Waals surface area contributed by atoms with E-state index >= 15 is 0 Å². The fourth-order valence-electron chi connectivity index (χ4n) is 3.57. The van der Waals surface area contributed by atoms with Gasteiger partial charge in [-0.2, -0.15) is 4.98 Å². The van der Waals surface area contributed by atoms with E-state index in [9.17, 15) is 14.4 Å². The van der Waals surface area contributed by atoms with Gasteiger partial charge in [-0.25, -0.2) is 4.79 Å². The number of carbonyl (C=O) groups is 3. The van der Waals surface area contributed by atoms with Crippen molar-refractivity contribution in [3.05, 3.63) is 70.7 Å². The summed E-state index contributed by atoms with van der Waals surface area (Å²) in [4.78, 5) is 47.2. The van der Waals surface area contributed by atoms with Crippen molar-refractivity contribution in [3.63, 3.8) is 0 Å². The Morgan fingerprint density at radius 2 is 1.92 bits per heavy atom. The molecule has 11 nitrogen and oxygen atoms in total. The molecule has 2 N–H and O–H groups in total. The molecular weight excluding hydrogens is 510 g/mol. The number of nitrogens with one attached hydrogen (secondary N) is 2. The maximum absolute atomic E-state index is 13.1. The van der Waals surface area contributed by atoms with E-state index in [4.69, 9.17) is 14.0 Å². The Morgan fingerprint density at radius 1 is 1.11 bits per heavy atom. The molecule has 3 aromatic heterocycles. The minimum Gasteiger partial charge on any atom is -0.495 e. The van der Waals surface area contributed by atoms with Crippen molar-refractivity contribution in [2.24, 2.45) is 0 Å². The number of aryl methyl sites for hydroxylation is 1. The van der Waals surface area contributed by atoms with Crippen molar-refractivity contribution in [1.29, 1.82) is 0 Å². The summed E-state index contributed by atoms with van der Waals surface area (Å²) in [6.07, 6.45) is 3.44. The number of esters is 1. The zero-order valence-electron chi connectivity index (χ0n) is 20.9. The van der Waals surface area contributed by atoms with Crippen molar-refractivity contribution in [3.8, 4) is 17.1 Å². The first kappa shape index (κ1) is 26.5. The van der Waals surface area contributed by atoms with E-state index in [0.29, 0.717) is 28.4 Å². The number of benzene rings is 1. The second kappa shape index (κ2) is 12.1. The van der Waals surface area contributed by atoms with Gasteiger partial charge in [0.15, 0.2) is 0 Å². The highest BCUT2D eigenvalue weighted by atomic mass is 32.1. The average Bonchev–Trinajstić information content (AvgIpc) is 3.53. The maximum atomic E-state index is 13.1. The van der Waals surface area contributed by atoms with Crippen LogP contribution in [0, 0.1) is 6.92 Å². The molecule has 0 fully saturated rings. The number of thiophene rings is 1. The van der Waals surface area contributed by atoms with Crippen LogP contribution < -0.4 is 15.4 Å². The van der Waals surface area contributed by atoms with Crippen molar-refractivity contribution >= 4 is 39.8 Å². The number of ether oxygens (including phenoxy) is 2. The van der Waals surface area contributed by atoms with Gasteiger partial charge in [0, 0.05) is 30.8 Å². The number of rotatable bonds is 10. The van der Waals surface area contributed by atoms with Gasteiger partial charge in [-0.1, -0.05) is 17.3 Å². The molecule has 0 radical (unpaired) electrons. The second-order valence-electron chi connectivity index (χ2n) is 7.94. The third-order valence-electron chi connectivity index (χ3n) is 5.39. The van der Waals surface area contributed by atoms with Crippen LogP contribution in [0.1, 0.15) is 44.8 Å². The third kappa shape index (κ3) is 6.03. The standard InChI is InChI=1S/C26H25N5O6S/c1-4-36-26(34)21-15(2)22(24(33)28-17-9-5-6-10-18(17)35-3)38-25(21)29-19(32)11-12-20-30-23(31-37-20)16-8-7-13-27-14-16/h5-10,13-14H,4,11-12H2,1-3H3,(H,28,33)(H,29,32). The molecule has 2 amide bonds. The van der Waals surface area contributed by atoms with Gasteiger partial charge in [0.25, 0.3) is 5.91 Å². The molecule has 196 valence electrons. The number of amides is 2. The number of pyridine rings is 1. The topological polar surface area (TPSA) is 146 Å². The summed E-state index contributed by atoms with van der Waals surface area (Å²) in [6, 6.07) is 10.5. The summed E-state index contributed by atoms with van der Waals surface area (Å²) < 4.78 is 15.7. The van der Waals surface area contributed by atoms with Crippen LogP contribution in [-0.4, -0.2) is 46.6 Å². The Morgan fingerprint density at radius 3 is 2.66 bits per heavy atom. The highest BCUT2D eigenvalue weighted by Gasteiger charge is 2.27. The number of hydrogen-bond acceptors (Lipinski definition) is 10. The van der Waals surface area contributed by atoms with Crippen LogP contribution in [0.25, 0.3) is 11.4 Å². The van der Waals surface area contributed by atoms with Gasteiger partial charge in [-0.05, 0) is 43.7 Å². The van der Waals surface area contributed by atoms with Crippen LogP contribution in [0.3, 0.4) is 0 Å². The summed E-state index contributed by atoms with van der Waals surface area (Å²) in [7, 11) is 1.50. The lowest BCUT2D eigenvalue weighted by molar-refractivity contribution is -0.116. The number of para-hydroxylation sites is 2. The first-order valence-corrected chi connectivity index (χ1v) is 12.5. The predicted octanol–water partition coefficient (Wildman–Crippen LogP) is 4.51. The molecule has 4 aromatic rings. The number of carbonyl (C=O) groups excluding carboxylic acids is 3. The average molecular weight is 536 g/mol. The van der Waals surface area contributed by atoms with Crippen LogP contribution in [-0.2, 0) is 16.0 Å². The first-order valence-electron chi connectivity index (χ1n) is 11.7. The van der Waals surface area contributed by atoms with Gasteiger partial charge in [-0.3, -0.25) is 14.6 Å². The van der Waals surface area contributed by atoms with Crippen molar-refractivity contribution in [2.45, 2.75) is 26.7 Å². The van der Waals surface area contributed by atoms with Gasteiger partial charge in [-0.15, -0.1) is 11.3 Å². The van der Waals surface area contributed by atoms with Crippen molar-refractivity contribution in [2.75, 3.05) is 24.4 Å². The van der Waals surface area contributed by atoms with Gasteiger partial charge < -0.3 is 24.6 Å². The minimum absolute atomic E-state index is 0.0105. The SMILES string of the molecule is CCOC(=O)c1c(NC(=O)CCc2nc(-c3cccnc3)no2)sc(C(=O)Nc2ccccc2OC)c1C. The molecule has 12 heteroatoms. The molecule has 0 unspecified atom stereocenters. The van der Waals surface area contributed by atoms with E-state index in [1.54, 1.807) is 62.6 Å². The molecule has 0 aliphatic heterocycles. The lowest BCUT2D eigenvalue weighted by Gasteiger charge is -2.09. The fraction of sp³-hybridized carbons (Fsp3) is 0.231. The molecule has 1 aromatic carbocycles. The van der Waals surface area contributed by atoms with Gasteiger partial charge >= 0.3 is 5.97 Å². The Hall–Kier alpha value is -4.58. The smallest absolute Gasteiger partial charge is 0.341 e. The molecule has 0 bridgehead atoms. The molecule has 0 aliphatic carbocycles. The van der Waals surface area contributed by atoms with Gasteiger partial charge in [0.2, 0.25) is 17.6 Å². The van der Waals surface area contributed by atoms with Crippen molar-refractivity contribution in [1.82, 2.24) is 15.1 Å². The largest absolute Gasteiger partial charge is 0.495 e. The Kier molecular flexibility index (Phi) is 8.44. The van der Waals surface area contributed by atoms with Crippen LogP contribution in [0.15, 0.2) is 53.3 Å². The van der Waals surface area contributed by atoms with Gasteiger partial charge in [0.05, 0.1) is 29.8 Å². The lowest BCUT2D eigenvalue weighted by Crippen LogP contribution is -2.15. The fourth-order valence-corrected chi connectivity index (χ4v) is 4.68. The third-order valence-corrected chi connectivity index (χ3v) is 6.60. The minimum atomic E-state index is -0.633. The summed E-state index contributed by atoms with van der Waals surface area (Å²) >= 11 is 0.989. The zero-order valence-corrected chi connectivity index (χ0v) is 21.8. The summed E-state index contributed by atoms with van der Waals surface area (Å²) in [5.41, 5.74) is 1.70. The number of anilines is 2. The van der Waals surface area contributed by atoms with E-state index in [-0.39, 0.29) is 40.8 Å². The Bertz CT molecular complexity index is 1450. The molecule has 0 atom stereocenters. The normalized spacial score (nSPS) is 10.6. The molecule has 0 saturated carbocycles. The van der Waals surface area contributed by atoms with E-state index in [1.807, 2.05) is 0 Å². The molecule has 0 saturated heterocycles. The highest BCUT2D eigenvalue weighted by molar-refractivity contribution is 7.19. The molecule has 38 heavy (non-hydrogen) atoms. The summed E-state index contributed by atoms with van der Waals surface area (Å²) in [5, 5.41) is 9.67. The van der Waals surface area contributed by atoms with E-state index in [0.717, 1.165) is 11.3 Å². The van der Waals surface area contributed by atoms with E-state index < -0.39 is 17.8 Å². The molecule has 0 aliphatic rings. The molecule has 0 spiro atoms. The summed E-state index contributed by atoms with van der Waals surface area (Å²) in [6.45, 7) is 3.45. The quantitative estimate of drug-likeness (QED) is 0.280. The van der Waals surface area contributed by atoms with Crippen molar-refractivity contribution < 1.29 is 28.4 Å². The molecule has 4 rings (SSSR count). The Balaban J connectivity index is 1.49. The Labute approximate surface area is 222 Å².